The second-order valence-electron chi connectivity index (χ2n) is 1.56. The van der Waals surface area contributed by atoms with Crippen LogP contribution in [0.1, 0.15) is 20.8 Å². The summed E-state index contributed by atoms with van der Waals surface area (Å²) in [5, 5.41) is 0. The van der Waals surface area contributed by atoms with E-state index in [-0.39, 0.29) is 0 Å². The van der Waals surface area contributed by atoms with Crippen LogP contribution < -0.4 is 0 Å². The first-order valence-electron chi connectivity index (χ1n) is 1.84. The zero-order valence-electron chi connectivity index (χ0n) is 4.70. The summed E-state index contributed by atoms with van der Waals surface area (Å²) in [6, 6.07) is 0. The van der Waals surface area contributed by atoms with E-state index in [1.54, 1.807) is 0 Å². The first-order chi connectivity index (χ1) is 3.15. The third-order valence-corrected chi connectivity index (χ3v) is 0. The molecule has 45 valence electrons. The summed E-state index contributed by atoms with van der Waals surface area (Å²) < 4.78 is 0. The Bertz CT molecular complexity index is 20.9. The van der Waals surface area contributed by atoms with E-state index in [9.17, 15) is 0 Å². The van der Waals surface area contributed by atoms with Crippen molar-refractivity contribution in [1.82, 2.24) is 0 Å². The van der Waals surface area contributed by atoms with E-state index in [0.29, 0.717) is 9.47 Å². The number of hydrogen-bond acceptors (Lipinski definition) is 0. The van der Waals surface area contributed by atoms with Gasteiger partial charge in [0.15, 0.2) is 0 Å². The van der Waals surface area contributed by atoms with Crippen LogP contribution in [0.15, 0.2) is 0 Å². The fourth-order valence-electron chi connectivity index (χ4n) is 0. The third kappa shape index (κ3) is 70.3. The summed E-state index contributed by atoms with van der Waals surface area (Å²) in [4.78, 5) is 0. The minimum atomic E-state index is 0.628. The van der Waals surface area contributed by atoms with Crippen LogP contribution >= 0.6 is 40.0 Å². The fourth-order valence-corrected chi connectivity index (χ4v) is 0. The van der Waals surface area contributed by atoms with Crippen molar-refractivity contribution in [2.45, 2.75) is 20.8 Å². The molecule has 0 aromatic heterocycles. The first kappa shape index (κ1) is 11.8. The molecular weight excluding hydrogens is 353 g/mol. The maximum atomic E-state index is 2.37. The van der Waals surface area contributed by atoms with Crippen molar-refractivity contribution in [3.8, 4) is 0 Å². The van der Waals surface area contributed by atoms with Crippen LogP contribution in [-0.4, -0.2) is 0 Å². The van der Waals surface area contributed by atoms with Crippen LogP contribution in [0.4, 0.5) is 0 Å². The second-order valence-corrected chi connectivity index (χ2v) is 13.4. The van der Waals surface area contributed by atoms with E-state index in [2.05, 4.69) is 60.7 Å². The van der Waals surface area contributed by atoms with E-state index in [1.807, 2.05) is 0 Å². The molecule has 0 saturated carbocycles. The van der Waals surface area contributed by atoms with E-state index < -0.39 is 0 Å². The summed E-state index contributed by atoms with van der Waals surface area (Å²) in [6.07, 6.45) is 0. The van der Waals surface area contributed by atoms with Gasteiger partial charge in [0, 0.05) is 0 Å². The van der Waals surface area contributed by atoms with Crippen molar-refractivity contribution in [1.29, 1.82) is 0 Å². The predicted octanol–water partition coefficient (Wildman–Crippen LogP) is 3.39. The van der Waals surface area contributed by atoms with Crippen LogP contribution in [0.5, 0.6) is 0 Å². The van der Waals surface area contributed by atoms with Gasteiger partial charge < -0.3 is 5.92 Å². The zero-order chi connectivity index (χ0) is 6.28. The molecule has 0 atom stereocenters. The van der Waals surface area contributed by atoms with Crippen molar-refractivity contribution >= 4 is 40.0 Å². The fraction of sp³-hybridized carbons (Fsp3) is 0.750. The number of halogens is 2. The van der Waals surface area contributed by atoms with Crippen LogP contribution in [-0.2, 0) is 9.47 Å². The molecule has 0 radical (unpaired) electrons. The Morgan fingerprint density at radius 3 is 1.14 bits per heavy atom. The van der Waals surface area contributed by atoms with Gasteiger partial charge in [-0.3, -0.25) is 0 Å². The number of hydrogen-bond donors (Lipinski definition) is 0. The Hall–Kier alpha value is 2.04. The minimum absolute atomic E-state index is 0.628. The average molecular weight is 362 g/mol. The summed E-state index contributed by atoms with van der Waals surface area (Å²) in [5.41, 5.74) is 0. The van der Waals surface area contributed by atoms with Gasteiger partial charge in [-0.05, 0) is 0 Å². The van der Waals surface area contributed by atoms with Gasteiger partial charge in [-0.2, -0.15) is 20.8 Å². The molecule has 0 aromatic carbocycles. The molecule has 0 spiro atoms. The topological polar surface area (TPSA) is 0 Å². The summed E-state index contributed by atoms with van der Waals surface area (Å²) in [5.74, 6) is 1.42. The molecule has 0 aromatic rings. The van der Waals surface area contributed by atoms with Gasteiger partial charge in [0.25, 0.3) is 0 Å². The third-order valence-electron chi connectivity index (χ3n) is 0. The van der Waals surface area contributed by atoms with E-state index >= 15 is 0 Å². The molecule has 0 rings (SSSR count). The molecule has 0 aliphatic heterocycles. The molecule has 0 amide bonds. The first-order valence-corrected chi connectivity index (χ1v) is 10.9. The van der Waals surface area contributed by atoms with Gasteiger partial charge in [-0.25, -0.2) is 0 Å². The van der Waals surface area contributed by atoms with Crippen molar-refractivity contribution < 1.29 is 9.47 Å². The average Bonchev–Trinajstić information content (AvgIpc) is 1.33. The quantitative estimate of drug-likeness (QED) is 0.458. The van der Waals surface area contributed by atoms with Crippen molar-refractivity contribution in [3.05, 3.63) is 5.92 Å². The van der Waals surface area contributed by atoms with Crippen molar-refractivity contribution in [3.63, 3.8) is 0 Å². The Morgan fingerprint density at radius 1 is 1.14 bits per heavy atom. The summed E-state index contributed by atoms with van der Waals surface area (Å²) in [7, 11) is 0.628. The van der Waals surface area contributed by atoms with Crippen LogP contribution in [0, 0.1) is 5.92 Å². The molecule has 0 aliphatic rings. The molecular formula is C4H9I2V-. The molecule has 0 saturated heterocycles. The molecule has 0 heterocycles. The summed E-state index contributed by atoms with van der Waals surface area (Å²) in [6.45, 7) is 6.25. The van der Waals surface area contributed by atoms with Gasteiger partial charge >= 0.3 is 49.4 Å². The molecule has 3 heteroatoms. The Morgan fingerprint density at radius 2 is 1.14 bits per heavy atom. The zero-order valence-corrected chi connectivity index (χ0v) is 10.4. The molecule has 0 unspecified atom stereocenters. The van der Waals surface area contributed by atoms with Gasteiger partial charge in [0.2, 0.25) is 0 Å². The SMILES string of the molecule is C[C-](C)C.[I][V][I]. The van der Waals surface area contributed by atoms with Crippen LogP contribution in [0.25, 0.3) is 0 Å². The van der Waals surface area contributed by atoms with E-state index in [1.165, 1.54) is 5.92 Å². The van der Waals surface area contributed by atoms with Crippen LogP contribution in [0.3, 0.4) is 0 Å². The number of rotatable bonds is 0. The Labute approximate surface area is 75.0 Å². The molecule has 0 fully saturated rings. The van der Waals surface area contributed by atoms with E-state index in [0.717, 1.165) is 0 Å². The van der Waals surface area contributed by atoms with Gasteiger partial charge in [0.1, 0.15) is 0 Å². The predicted molar refractivity (Wildman–Crippen MR) is 48.3 cm³/mol. The maximum absolute atomic E-state index is 2.37. The molecule has 0 N–H and O–H groups in total. The molecule has 0 nitrogen and oxygen atoms in total. The van der Waals surface area contributed by atoms with Crippen molar-refractivity contribution in [2.75, 3.05) is 0 Å². The van der Waals surface area contributed by atoms with Gasteiger partial charge in [0.05, 0.1) is 0 Å². The van der Waals surface area contributed by atoms with Crippen molar-refractivity contribution in [2.24, 2.45) is 0 Å². The Kier molecular flexibility index (Phi) is 18.4. The summed E-state index contributed by atoms with van der Waals surface area (Å²) >= 11 is 4.74. The molecule has 0 aliphatic carbocycles. The van der Waals surface area contributed by atoms with E-state index in [4.69, 9.17) is 0 Å². The Balaban J connectivity index is 0. The van der Waals surface area contributed by atoms with Gasteiger partial charge in [-0.1, -0.05) is 0 Å². The monoisotopic (exact) mass is 362 g/mol. The standard InChI is InChI=1S/C4H9.2HI.V/c1-4(2)3;;;/h1-3H3;2*1H;/q-1;;;+2/p-2. The molecule has 0 bridgehead atoms. The van der Waals surface area contributed by atoms with Gasteiger partial charge in [-0.15, -0.1) is 0 Å². The second kappa shape index (κ2) is 10.9. The van der Waals surface area contributed by atoms with Crippen LogP contribution in [0.2, 0.25) is 0 Å². The normalized spacial score (nSPS) is 7.14. The molecule has 7 heavy (non-hydrogen) atoms.